The Kier molecular flexibility index (Phi) is 6.47. The number of benzene rings is 2. The van der Waals surface area contributed by atoms with Crippen LogP contribution in [-0.2, 0) is 6.54 Å². The van der Waals surface area contributed by atoms with E-state index in [9.17, 15) is 4.79 Å². The molecule has 0 unspecified atom stereocenters. The second-order valence-electron chi connectivity index (χ2n) is 7.36. The number of methoxy groups -OCH3 is 1. The van der Waals surface area contributed by atoms with Gasteiger partial charge in [-0.2, -0.15) is 5.10 Å². The Balaban J connectivity index is 1.90. The van der Waals surface area contributed by atoms with Gasteiger partial charge in [0.2, 0.25) is 5.43 Å². The van der Waals surface area contributed by atoms with E-state index in [2.05, 4.69) is 16.0 Å². The number of nitrogens with zero attached hydrogens (tertiary/aromatic N) is 2. The van der Waals surface area contributed by atoms with Crippen molar-refractivity contribution in [1.82, 2.24) is 20.2 Å². The molecule has 2 aromatic heterocycles. The first-order valence-corrected chi connectivity index (χ1v) is 10.5. The summed E-state index contributed by atoms with van der Waals surface area (Å²) < 4.78 is 7.38. The van der Waals surface area contributed by atoms with Crippen LogP contribution in [0.1, 0.15) is 5.69 Å². The predicted molar refractivity (Wildman–Crippen MR) is 125 cm³/mol. The smallest absolute Gasteiger partial charge is 0.203 e. The largest absolute Gasteiger partial charge is 0.496 e. The summed E-state index contributed by atoms with van der Waals surface area (Å²) in [6, 6.07) is 9.56. The van der Waals surface area contributed by atoms with Crippen molar-refractivity contribution in [1.29, 1.82) is 0 Å². The van der Waals surface area contributed by atoms with E-state index >= 15 is 0 Å². The number of pyridine rings is 1. The van der Waals surface area contributed by atoms with Gasteiger partial charge in [-0.1, -0.05) is 6.07 Å². The van der Waals surface area contributed by atoms with Gasteiger partial charge in [0.25, 0.3) is 0 Å². The van der Waals surface area contributed by atoms with Gasteiger partial charge in [-0.15, -0.1) is 0 Å². The molecule has 0 aliphatic carbocycles. The molecule has 4 aromatic rings. The van der Waals surface area contributed by atoms with E-state index in [-0.39, 0.29) is 5.43 Å². The van der Waals surface area contributed by atoms with Crippen molar-refractivity contribution in [2.75, 3.05) is 51.7 Å². The first-order valence-electron chi connectivity index (χ1n) is 10.5. The number of ether oxygens (including phenoxy) is 1. The van der Waals surface area contributed by atoms with Gasteiger partial charge in [0, 0.05) is 56.9 Å². The summed E-state index contributed by atoms with van der Waals surface area (Å²) in [5.41, 5.74) is 14.3. The van der Waals surface area contributed by atoms with E-state index in [0.29, 0.717) is 49.2 Å². The Bertz CT molecular complexity index is 1240. The van der Waals surface area contributed by atoms with Crippen LogP contribution in [0.4, 0.5) is 5.69 Å². The number of aromatic nitrogens is 2. The molecule has 0 aliphatic rings. The van der Waals surface area contributed by atoms with Crippen LogP contribution in [0.5, 0.6) is 5.75 Å². The maximum atomic E-state index is 13.7. The Morgan fingerprint density at radius 1 is 1.00 bits per heavy atom. The zero-order chi connectivity index (χ0) is 21.8. The minimum absolute atomic E-state index is 0.0654. The Morgan fingerprint density at radius 3 is 2.58 bits per heavy atom. The Labute approximate surface area is 180 Å². The lowest BCUT2D eigenvalue weighted by Crippen LogP contribution is -2.27. The number of rotatable bonds is 11. The third-order valence-electron chi connectivity index (χ3n) is 5.38. The molecule has 0 fully saturated rings. The van der Waals surface area contributed by atoms with Gasteiger partial charge < -0.3 is 32.2 Å². The highest BCUT2D eigenvalue weighted by atomic mass is 16.5. The molecular weight excluding hydrogens is 394 g/mol. The van der Waals surface area contributed by atoms with Crippen LogP contribution in [0.2, 0.25) is 0 Å². The molecule has 4 rings (SSSR count). The van der Waals surface area contributed by atoms with Crippen LogP contribution < -0.4 is 37.6 Å². The van der Waals surface area contributed by atoms with Crippen LogP contribution in [0.3, 0.4) is 0 Å². The summed E-state index contributed by atoms with van der Waals surface area (Å²) in [7, 11) is 1.58. The average molecular weight is 424 g/mol. The third-order valence-corrected chi connectivity index (χ3v) is 5.38. The van der Waals surface area contributed by atoms with Gasteiger partial charge in [0.05, 0.1) is 34.6 Å². The van der Waals surface area contributed by atoms with Crippen molar-refractivity contribution >= 4 is 32.9 Å². The summed E-state index contributed by atoms with van der Waals surface area (Å²) in [6.07, 6.45) is 0. The van der Waals surface area contributed by atoms with Crippen molar-refractivity contribution in [3.8, 4) is 5.75 Å². The molecule has 0 aliphatic heterocycles. The van der Waals surface area contributed by atoms with Crippen LogP contribution in [0.25, 0.3) is 27.2 Å². The fourth-order valence-electron chi connectivity index (χ4n) is 3.99. The highest BCUT2D eigenvalue weighted by Gasteiger charge is 2.21. The van der Waals surface area contributed by atoms with Gasteiger partial charge in [-0.25, -0.2) is 4.52 Å². The third kappa shape index (κ3) is 3.88. The maximum absolute atomic E-state index is 13.7. The summed E-state index contributed by atoms with van der Waals surface area (Å²) in [5, 5.41) is 16.9. The lowest BCUT2D eigenvalue weighted by Gasteiger charge is -2.13. The molecule has 2 heterocycles. The maximum Gasteiger partial charge on any atom is 0.203 e. The number of anilines is 1. The van der Waals surface area contributed by atoms with Crippen molar-refractivity contribution < 1.29 is 4.74 Å². The second-order valence-corrected chi connectivity index (χ2v) is 7.36. The molecule has 7 N–H and O–H groups in total. The topological polar surface area (TPSA) is 132 Å². The summed E-state index contributed by atoms with van der Waals surface area (Å²) in [6.45, 7) is 4.58. The minimum Gasteiger partial charge on any atom is -0.496 e. The fraction of sp³-hybridized carbons (Fsp3) is 0.364. The lowest BCUT2D eigenvalue weighted by molar-refractivity contribution is 0.419. The van der Waals surface area contributed by atoms with E-state index in [0.717, 1.165) is 40.9 Å². The molecule has 0 radical (unpaired) electrons. The fourth-order valence-corrected chi connectivity index (χ4v) is 3.99. The zero-order valence-corrected chi connectivity index (χ0v) is 17.7. The molecule has 0 atom stereocenters. The van der Waals surface area contributed by atoms with E-state index in [4.69, 9.17) is 21.3 Å². The van der Waals surface area contributed by atoms with Crippen LogP contribution in [0, 0.1) is 0 Å². The molecule has 0 bridgehead atoms. The SMILES string of the molecule is COc1cccc2c1c(=O)c1c(NCCNCCN)ccc3c(CNCCN)nn2c31. The zero-order valence-electron chi connectivity index (χ0n) is 17.7. The predicted octanol–water partition coefficient (Wildman–Crippen LogP) is 0.456. The summed E-state index contributed by atoms with van der Waals surface area (Å²) in [5.74, 6) is 0.541. The quantitative estimate of drug-likeness (QED) is 0.174. The Morgan fingerprint density at radius 2 is 1.81 bits per heavy atom. The van der Waals surface area contributed by atoms with Crippen LogP contribution in [-0.4, -0.2) is 56.0 Å². The molecular formula is C22H29N7O2. The highest BCUT2D eigenvalue weighted by Crippen LogP contribution is 2.33. The van der Waals surface area contributed by atoms with Gasteiger partial charge >= 0.3 is 0 Å². The van der Waals surface area contributed by atoms with Crippen molar-refractivity contribution in [2.24, 2.45) is 11.5 Å². The van der Waals surface area contributed by atoms with Gasteiger partial charge in [-0.05, 0) is 24.3 Å². The normalized spacial score (nSPS) is 11.7. The molecule has 9 nitrogen and oxygen atoms in total. The minimum atomic E-state index is -0.0654. The monoisotopic (exact) mass is 423 g/mol. The van der Waals surface area contributed by atoms with Crippen LogP contribution >= 0.6 is 0 Å². The molecule has 2 aromatic carbocycles. The first-order chi connectivity index (χ1) is 15.2. The first kappa shape index (κ1) is 21.3. The van der Waals surface area contributed by atoms with E-state index < -0.39 is 0 Å². The van der Waals surface area contributed by atoms with E-state index in [1.54, 1.807) is 13.2 Å². The van der Waals surface area contributed by atoms with Crippen LogP contribution in [0.15, 0.2) is 35.1 Å². The van der Waals surface area contributed by atoms with Gasteiger partial charge in [0.1, 0.15) is 5.75 Å². The molecule has 9 heteroatoms. The van der Waals surface area contributed by atoms with Crippen molar-refractivity contribution in [3.05, 3.63) is 46.2 Å². The molecule has 0 saturated heterocycles. The summed E-state index contributed by atoms with van der Waals surface area (Å²) in [4.78, 5) is 13.7. The number of hydrogen-bond acceptors (Lipinski definition) is 8. The lowest BCUT2D eigenvalue weighted by atomic mass is 10.0. The number of fused-ring (bicyclic) bond motifs is 2. The molecule has 0 spiro atoms. The summed E-state index contributed by atoms with van der Waals surface area (Å²) >= 11 is 0. The van der Waals surface area contributed by atoms with Crippen molar-refractivity contribution in [2.45, 2.75) is 6.54 Å². The molecule has 0 saturated carbocycles. The van der Waals surface area contributed by atoms with E-state index in [1.165, 1.54) is 0 Å². The Hall–Kier alpha value is -2.98. The van der Waals surface area contributed by atoms with Crippen molar-refractivity contribution in [3.63, 3.8) is 0 Å². The molecule has 31 heavy (non-hydrogen) atoms. The number of nitrogens with two attached hydrogens (primary N) is 2. The molecule has 164 valence electrons. The molecule has 0 amide bonds. The highest BCUT2D eigenvalue weighted by molar-refractivity contribution is 6.09. The standard InChI is InChI=1S/C22H29N7O2/c1-31-18-4-2-3-17-20(18)22(30)19-15(27-12-11-25-9-7-23)6-5-14-16(13-26-10-8-24)28-29(17)21(14)19/h2-6,25-27H,7-13,23-24H2,1H3. The number of nitrogens with one attached hydrogen (secondary N) is 3. The van der Waals surface area contributed by atoms with E-state index in [1.807, 2.05) is 28.8 Å². The van der Waals surface area contributed by atoms with Gasteiger partial charge in [-0.3, -0.25) is 4.79 Å². The average Bonchev–Trinajstić information content (AvgIpc) is 3.16. The number of hydrogen-bond donors (Lipinski definition) is 5. The van der Waals surface area contributed by atoms with Gasteiger partial charge in [0.15, 0.2) is 0 Å². The second kappa shape index (κ2) is 9.44.